The Labute approximate surface area is 108 Å². The third kappa shape index (κ3) is 5.00. The number of hydrogen-bond acceptors (Lipinski definition) is 2. The topological polar surface area (TPSA) is 21.3 Å². The third-order valence-corrected chi connectivity index (χ3v) is 2.72. The molecular formula is C12H16BrF2NO. The average molecular weight is 308 g/mol. The molecule has 0 radical (unpaired) electrons. The van der Waals surface area contributed by atoms with Gasteiger partial charge in [0.1, 0.15) is 5.82 Å². The maximum atomic E-state index is 13.3. The highest BCUT2D eigenvalue weighted by Gasteiger charge is 2.10. The van der Waals surface area contributed by atoms with E-state index in [1.54, 1.807) is 0 Å². The molecule has 0 heterocycles. The largest absolute Gasteiger partial charge is 0.489 e. The molecule has 1 aromatic carbocycles. The van der Waals surface area contributed by atoms with E-state index in [0.29, 0.717) is 11.1 Å². The monoisotopic (exact) mass is 307 g/mol. The number of ether oxygens (including phenoxy) is 1. The van der Waals surface area contributed by atoms with E-state index in [1.807, 2.05) is 0 Å². The first kappa shape index (κ1) is 14.4. The van der Waals surface area contributed by atoms with Gasteiger partial charge in [0, 0.05) is 6.07 Å². The maximum absolute atomic E-state index is 13.3. The van der Waals surface area contributed by atoms with Crippen molar-refractivity contribution in [3.8, 4) is 5.75 Å². The van der Waals surface area contributed by atoms with Crippen molar-refractivity contribution in [2.45, 2.75) is 19.8 Å². The van der Waals surface area contributed by atoms with Gasteiger partial charge in [-0.3, -0.25) is 0 Å². The van der Waals surface area contributed by atoms with E-state index in [1.165, 1.54) is 6.07 Å². The highest BCUT2D eigenvalue weighted by Crippen LogP contribution is 2.29. The van der Waals surface area contributed by atoms with Crippen LogP contribution >= 0.6 is 15.9 Å². The molecule has 0 bridgehead atoms. The van der Waals surface area contributed by atoms with Gasteiger partial charge in [-0.1, -0.05) is 6.92 Å². The summed E-state index contributed by atoms with van der Waals surface area (Å²) in [6.07, 6.45) is 1.86. The first-order valence-corrected chi connectivity index (χ1v) is 6.42. The van der Waals surface area contributed by atoms with Crippen molar-refractivity contribution >= 4 is 15.9 Å². The quantitative estimate of drug-likeness (QED) is 0.779. The Kier molecular flexibility index (Phi) is 6.44. The Balaban J connectivity index is 2.36. The van der Waals surface area contributed by atoms with Crippen molar-refractivity contribution < 1.29 is 13.5 Å². The van der Waals surface area contributed by atoms with Crippen LogP contribution < -0.4 is 10.1 Å². The van der Waals surface area contributed by atoms with Crippen LogP contribution in [0.25, 0.3) is 0 Å². The standard InChI is InChI=1S/C12H16BrF2NO/c1-2-4-16-5-3-6-17-12-10(13)7-9(14)8-11(12)15/h7-8,16H,2-6H2,1H3. The van der Waals surface area contributed by atoms with E-state index >= 15 is 0 Å². The molecule has 0 aliphatic rings. The van der Waals surface area contributed by atoms with Gasteiger partial charge in [-0.05, 0) is 47.9 Å². The van der Waals surface area contributed by atoms with Crippen molar-refractivity contribution in [2.75, 3.05) is 19.7 Å². The highest BCUT2D eigenvalue weighted by atomic mass is 79.9. The molecule has 1 aromatic rings. The highest BCUT2D eigenvalue weighted by molar-refractivity contribution is 9.10. The number of rotatable bonds is 7. The fraction of sp³-hybridized carbons (Fsp3) is 0.500. The molecule has 0 amide bonds. The van der Waals surface area contributed by atoms with Gasteiger partial charge < -0.3 is 10.1 Å². The van der Waals surface area contributed by atoms with E-state index in [2.05, 4.69) is 28.2 Å². The maximum Gasteiger partial charge on any atom is 0.169 e. The van der Waals surface area contributed by atoms with Gasteiger partial charge in [0.05, 0.1) is 11.1 Å². The smallest absolute Gasteiger partial charge is 0.169 e. The first-order valence-electron chi connectivity index (χ1n) is 5.63. The van der Waals surface area contributed by atoms with Crippen molar-refractivity contribution in [1.29, 1.82) is 0 Å². The van der Waals surface area contributed by atoms with Gasteiger partial charge in [-0.2, -0.15) is 0 Å². The van der Waals surface area contributed by atoms with Crippen LogP contribution in [0.15, 0.2) is 16.6 Å². The zero-order valence-corrected chi connectivity index (χ0v) is 11.3. The molecule has 0 fully saturated rings. The Morgan fingerprint density at radius 2 is 2.06 bits per heavy atom. The van der Waals surface area contributed by atoms with E-state index in [0.717, 1.165) is 32.0 Å². The number of hydrogen-bond donors (Lipinski definition) is 1. The average Bonchev–Trinajstić information content (AvgIpc) is 2.26. The summed E-state index contributed by atoms with van der Waals surface area (Å²) in [6.45, 7) is 4.29. The van der Waals surface area contributed by atoms with Crippen LogP contribution in [0.4, 0.5) is 8.78 Å². The molecule has 5 heteroatoms. The van der Waals surface area contributed by atoms with Crippen molar-refractivity contribution in [2.24, 2.45) is 0 Å². The van der Waals surface area contributed by atoms with Crippen molar-refractivity contribution in [1.82, 2.24) is 5.32 Å². The molecule has 0 saturated heterocycles. The molecule has 0 spiro atoms. The molecule has 17 heavy (non-hydrogen) atoms. The summed E-state index contributed by atoms with van der Waals surface area (Å²) in [4.78, 5) is 0. The fourth-order valence-electron chi connectivity index (χ4n) is 1.34. The van der Waals surface area contributed by atoms with Crippen LogP contribution in [0.1, 0.15) is 19.8 Å². The molecular weight excluding hydrogens is 292 g/mol. The second kappa shape index (κ2) is 7.61. The summed E-state index contributed by atoms with van der Waals surface area (Å²) >= 11 is 3.07. The predicted molar refractivity (Wildman–Crippen MR) is 67.3 cm³/mol. The summed E-state index contributed by atoms with van der Waals surface area (Å²) in [5, 5.41) is 3.21. The Hall–Kier alpha value is -0.680. The molecule has 0 unspecified atom stereocenters. The molecule has 1 N–H and O–H groups in total. The molecule has 1 rings (SSSR count). The van der Waals surface area contributed by atoms with Gasteiger partial charge in [-0.15, -0.1) is 0 Å². The molecule has 0 aromatic heterocycles. The number of nitrogens with one attached hydrogen (secondary N) is 1. The zero-order valence-electron chi connectivity index (χ0n) is 9.73. The zero-order chi connectivity index (χ0) is 12.7. The molecule has 96 valence electrons. The Morgan fingerprint density at radius 1 is 1.29 bits per heavy atom. The van der Waals surface area contributed by atoms with Gasteiger partial charge in [0.25, 0.3) is 0 Å². The minimum absolute atomic E-state index is 0.0712. The molecule has 2 nitrogen and oxygen atoms in total. The summed E-state index contributed by atoms with van der Waals surface area (Å²) in [5.41, 5.74) is 0. The Morgan fingerprint density at radius 3 is 2.71 bits per heavy atom. The number of halogens is 3. The van der Waals surface area contributed by atoms with Gasteiger partial charge in [0.2, 0.25) is 0 Å². The molecule has 0 aliphatic carbocycles. The van der Waals surface area contributed by atoms with Gasteiger partial charge in [-0.25, -0.2) is 8.78 Å². The van der Waals surface area contributed by atoms with Crippen LogP contribution in [0.5, 0.6) is 5.75 Å². The lowest BCUT2D eigenvalue weighted by molar-refractivity contribution is 0.290. The Bertz CT molecular complexity index is 337. The second-order valence-corrected chi connectivity index (χ2v) is 4.50. The van der Waals surface area contributed by atoms with Crippen LogP contribution in [-0.2, 0) is 0 Å². The van der Waals surface area contributed by atoms with Crippen LogP contribution in [0.3, 0.4) is 0 Å². The van der Waals surface area contributed by atoms with E-state index in [-0.39, 0.29) is 5.75 Å². The van der Waals surface area contributed by atoms with Gasteiger partial charge >= 0.3 is 0 Å². The van der Waals surface area contributed by atoms with Crippen LogP contribution in [0, 0.1) is 11.6 Å². The summed E-state index contributed by atoms with van der Waals surface area (Å²) < 4.78 is 31.7. The minimum atomic E-state index is -0.682. The van der Waals surface area contributed by atoms with Crippen LogP contribution in [-0.4, -0.2) is 19.7 Å². The van der Waals surface area contributed by atoms with E-state index in [4.69, 9.17) is 4.74 Å². The molecule has 0 saturated carbocycles. The van der Waals surface area contributed by atoms with E-state index < -0.39 is 11.6 Å². The fourth-order valence-corrected chi connectivity index (χ4v) is 1.86. The minimum Gasteiger partial charge on any atom is -0.489 e. The molecule has 0 atom stereocenters. The predicted octanol–water partition coefficient (Wildman–Crippen LogP) is 3.50. The SMILES string of the molecule is CCCNCCCOc1c(F)cc(F)cc1Br. The molecule has 0 aliphatic heterocycles. The van der Waals surface area contributed by atoms with Crippen LogP contribution in [0.2, 0.25) is 0 Å². The number of benzene rings is 1. The lowest BCUT2D eigenvalue weighted by Gasteiger charge is -2.09. The summed E-state index contributed by atoms with van der Waals surface area (Å²) in [5.74, 6) is -1.23. The first-order chi connectivity index (χ1) is 8.15. The van der Waals surface area contributed by atoms with E-state index in [9.17, 15) is 8.78 Å². The summed E-state index contributed by atoms with van der Waals surface area (Å²) in [6, 6.07) is 2.00. The normalized spacial score (nSPS) is 10.6. The van der Waals surface area contributed by atoms with Crippen molar-refractivity contribution in [3.63, 3.8) is 0 Å². The lowest BCUT2D eigenvalue weighted by Crippen LogP contribution is -2.18. The van der Waals surface area contributed by atoms with Crippen molar-refractivity contribution in [3.05, 3.63) is 28.2 Å². The lowest BCUT2D eigenvalue weighted by atomic mass is 10.3. The van der Waals surface area contributed by atoms with Gasteiger partial charge in [0.15, 0.2) is 11.6 Å². The third-order valence-electron chi connectivity index (χ3n) is 2.13. The summed E-state index contributed by atoms with van der Waals surface area (Å²) in [7, 11) is 0. The second-order valence-electron chi connectivity index (χ2n) is 3.65.